The van der Waals surface area contributed by atoms with Crippen LogP contribution in [0.4, 0.5) is 13.9 Å². The maximum atomic E-state index is 14.5. The summed E-state index contributed by atoms with van der Waals surface area (Å²) in [4.78, 5) is 20.5. The number of hydrogen-bond donors (Lipinski definition) is 1. The van der Waals surface area contributed by atoms with E-state index in [2.05, 4.69) is 37.5 Å². The Morgan fingerprint density at radius 2 is 2.12 bits per heavy atom. The van der Waals surface area contributed by atoms with Crippen LogP contribution in [-0.4, -0.2) is 51.3 Å². The first-order chi connectivity index (χ1) is 14.8. The molecule has 32 heavy (non-hydrogen) atoms. The number of thiazole rings is 1. The molecule has 1 aromatic heterocycles. The van der Waals surface area contributed by atoms with Crippen molar-refractivity contribution in [2.75, 3.05) is 18.4 Å². The van der Waals surface area contributed by atoms with Crippen LogP contribution in [0.2, 0.25) is 0 Å². The fraction of sp³-hybridized carbons (Fsp3) is 0.435. The number of allylic oxidation sites excluding steroid dienone is 2. The third kappa shape index (κ3) is 4.91. The van der Waals surface area contributed by atoms with Gasteiger partial charge in [0.15, 0.2) is 0 Å². The van der Waals surface area contributed by atoms with Crippen LogP contribution in [0.3, 0.4) is 0 Å². The van der Waals surface area contributed by atoms with Crippen molar-refractivity contribution in [2.45, 2.75) is 44.6 Å². The first kappa shape index (κ1) is 24.8. The molecule has 1 aromatic carbocycles. The Labute approximate surface area is 197 Å². The number of aromatic nitrogens is 1. The summed E-state index contributed by atoms with van der Waals surface area (Å²) >= 11 is 5.93. The van der Waals surface area contributed by atoms with Crippen molar-refractivity contribution in [3.05, 3.63) is 47.6 Å². The Balaban J connectivity index is 0.00000289. The SMILES string of the molecule is [CH-]=C/C(=C\[CH]=[Ni])[C@H]1CN([C@H](C)C(=O)Nc2nc3cc4c(cc3s2)CCC4)CCC1(F)F.[OH-]. The normalized spacial score (nSPS) is 21.5. The average Bonchev–Trinajstić information content (AvgIpc) is 3.34. The van der Waals surface area contributed by atoms with Crippen LogP contribution >= 0.6 is 11.3 Å². The minimum atomic E-state index is -2.90. The monoisotopic (exact) mass is 503 g/mol. The van der Waals surface area contributed by atoms with Crippen molar-refractivity contribution < 1.29 is 34.1 Å². The van der Waals surface area contributed by atoms with Gasteiger partial charge >= 0.3 is 150 Å². The van der Waals surface area contributed by atoms with E-state index in [0.717, 1.165) is 23.1 Å². The Morgan fingerprint density at radius 1 is 1.41 bits per heavy atom. The van der Waals surface area contributed by atoms with Crippen molar-refractivity contribution >= 4 is 37.6 Å². The number of amides is 1. The zero-order chi connectivity index (χ0) is 22.2. The van der Waals surface area contributed by atoms with Gasteiger partial charge in [0.1, 0.15) is 0 Å². The molecule has 2 aliphatic rings. The van der Waals surface area contributed by atoms with E-state index in [1.165, 1.54) is 46.0 Å². The summed E-state index contributed by atoms with van der Waals surface area (Å²) in [5.41, 5.74) is 3.89. The third-order valence-electron chi connectivity index (χ3n) is 6.26. The summed E-state index contributed by atoms with van der Waals surface area (Å²) in [5, 5.41) is 3.41. The van der Waals surface area contributed by atoms with Crippen molar-refractivity contribution in [3.63, 3.8) is 0 Å². The number of halogens is 2. The molecule has 0 radical (unpaired) electrons. The molecule has 5 nitrogen and oxygen atoms in total. The van der Waals surface area contributed by atoms with E-state index < -0.39 is 17.9 Å². The molecule has 2 heterocycles. The molecular weight excluding hydrogens is 479 g/mol. The number of likely N-dealkylation sites (tertiary alicyclic amines) is 1. The minimum absolute atomic E-state index is 0. The van der Waals surface area contributed by atoms with Crippen molar-refractivity contribution in [1.82, 2.24) is 9.88 Å². The van der Waals surface area contributed by atoms with Gasteiger partial charge in [-0.25, -0.2) is 0 Å². The molecule has 4 rings (SSSR count). The number of benzene rings is 1. The summed E-state index contributed by atoms with van der Waals surface area (Å²) in [7, 11) is 0. The van der Waals surface area contributed by atoms with Crippen LogP contribution < -0.4 is 5.32 Å². The van der Waals surface area contributed by atoms with Gasteiger partial charge in [-0.15, -0.1) is 0 Å². The largest absolute Gasteiger partial charge is 0.870 e. The fourth-order valence-electron chi connectivity index (χ4n) is 4.40. The molecule has 2 N–H and O–H groups in total. The van der Waals surface area contributed by atoms with E-state index in [-0.39, 0.29) is 30.9 Å². The van der Waals surface area contributed by atoms with E-state index in [1.54, 1.807) is 11.8 Å². The number of rotatable bonds is 6. The van der Waals surface area contributed by atoms with Gasteiger partial charge in [-0.1, -0.05) is 0 Å². The molecule has 1 fully saturated rings. The number of carbonyl (C=O) groups excluding carboxylic acids is 1. The molecule has 0 spiro atoms. The van der Waals surface area contributed by atoms with Gasteiger partial charge in [0.25, 0.3) is 0 Å². The molecule has 1 aliphatic heterocycles. The number of piperidine rings is 1. The smallest absolute Gasteiger partial charge is 0.870 e. The summed E-state index contributed by atoms with van der Waals surface area (Å²) in [6, 6.07) is 3.70. The van der Waals surface area contributed by atoms with Crippen LogP contribution in [0.25, 0.3) is 10.2 Å². The fourth-order valence-corrected chi connectivity index (χ4v) is 5.50. The second-order valence-corrected chi connectivity index (χ2v) is 9.48. The molecule has 1 aliphatic carbocycles. The van der Waals surface area contributed by atoms with Crippen LogP contribution in [-0.2, 0) is 32.7 Å². The third-order valence-corrected chi connectivity index (χ3v) is 7.36. The molecule has 1 amide bonds. The Bertz CT molecular complexity index is 1030. The van der Waals surface area contributed by atoms with Gasteiger partial charge < -0.3 is 5.48 Å². The summed E-state index contributed by atoms with van der Waals surface area (Å²) in [6.45, 7) is 7.46. The molecule has 2 aromatic rings. The number of aryl methyl sites for hydroxylation is 2. The predicted octanol–water partition coefficient (Wildman–Crippen LogP) is 4.16. The Kier molecular flexibility index (Phi) is 7.76. The van der Waals surface area contributed by atoms with Gasteiger partial charge in [-0.3, -0.25) is 0 Å². The number of carbonyl (C=O) groups is 1. The maximum Gasteiger partial charge on any atom is -0.870 e. The van der Waals surface area contributed by atoms with Crippen LogP contribution in [0.1, 0.15) is 30.9 Å². The number of alkyl halides is 2. The van der Waals surface area contributed by atoms with Crippen molar-refractivity contribution in [2.24, 2.45) is 5.92 Å². The number of nitrogens with one attached hydrogen (secondary N) is 1. The Morgan fingerprint density at radius 3 is 2.81 bits per heavy atom. The van der Waals surface area contributed by atoms with Gasteiger partial charge in [0.2, 0.25) is 0 Å². The maximum absolute atomic E-state index is 14.5. The van der Waals surface area contributed by atoms with Gasteiger partial charge in [0, 0.05) is 0 Å². The van der Waals surface area contributed by atoms with Crippen LogP contribution in [0.5, 0.6) is 0 Å². The molecular formula is C23H25F2N3NiO2S-2. The predicted molar refractivity (Wildman–Crippen MR) is 119 cm³/mol. The molecule has 0 unspecified atom stereocenters. The van der Waals surface area contributed by atoms with Crippen molar-refractivity contribution in [3.8, 4) is 0 Å². The average molecular weight is 504 g/mol. The van der Waals surface area contributed by atoms with Gasteiger partial charge in [0.05, 0.1) is 0 Å². The van der Waals surface area contributed by atoms with E-state index in [9.17, 15) is 13.6 Å². The second kappa shape index (κ2) is 10.00. The van der Waals surface area contributed by atoms with E-state index in [1.807, 2.05) is 0 Å². The molecule has 9 heteroatoms. The van der Waals surface area contributed by atoms with E-state index in [4.69, 9.17) is 6.58 Å². The zero-order valence-corrected chi connectivity index (χ0v) is 19.4. The number of hydrogen-bond acceptors (Lipinski definition) is 5. The van der Waals surface area contributed by atoms with Crippen molar-refractivity contribution in [1.29, 1.82) is 0 Å². The zero-order valence-electron chi connectivity index (χ0n) is 17.6. The number of fused-ring (bicyclic) bond motifs is 2. The number of anilines is 1. The molecule has 176 valence electrons. The minimum Gasteiger partial charge on any atom is -0.870 e. The van der Waals surface area contributed by atoms with Crippen LogP contribution in [0.15, 0.2) is 29.9 Å². The van der Waals surface area contributed by atoms with Gasteiger partial charge in [-0.05, 0) is 42.5 Å². The first-order valence-electron chi connectivity index (χ1n) is 10.3. The topological polar surface area (TPSA) is 75.2 Å². The van der Waals surface area contributed by atoms with Gasteiger partial charge in [-0.2, -0.15) is 0 Å². The summed E-state index contributed by atoms with van der Waals surface area (Å²) < 4.78 is 30.1. The Hall–Kier alpha value is -1.80. The van der Waals surface area contributed by atoms with E-state index >= 15 is 0 Å². The molecule has 1 saturated heterocycles. The van der Waals surface area contributed by atoms with E-state index in [0.29, 0.717) is 10.7 Å². The quantitative estimate of drug-likeness (QED) is 0.365. The standard InChI is InChI=1S/C23H24F2N3OS.Ni.H2O/c1-4-15(5-2)18-13-28(10-9-23(18,24)25)14(3)21(29)27-22-26-19-11-16-7-6-8-17(16)12-20(19)30-22;;/h1-2,4-5,11-12,14,18H,6-10,13H2,3H3,(H,26,27,29);;1H2/q-1;;/p-1/b15-4+;;/t14-,18-;;/m1../s1. The van der Waals surface area contributed by atoms with Crippen LogP contribution in [0, 0.1) is 12.5 Å². The first-order valence-corrected chi connectivity index (χ1v) is 11.7. The molecule has 0 saturated carbocycles. The summed E-state index contributed by atoms with van der Waals surface area (Å²) in [6.07, 6.45) is 5.62. The number of nitrogens with zero attached hydrogens (tertiary/aromatic N) is 2. The second-order valence-electron chi connectivity index (χ2n) is 8.12. The summed E-state index contributed by atoms with van der Waals surface area (Å²) in [5.74, 6) is -4.25. The molecule has 0 bridgehead atoms. The molecule has 2 atom stereocenters.